The van der Waals surface area contributed by atoms with Gasteiger partial charge in [0.2, 0.25) is 0 Å². The first-order valence-corrected chi connectivity index (χ1v) is 44.2. The molecule has 2 unspecified atom stereocenters. The van der Waals surface area contributed by atoms with Crippen molar-refractivity contribution in [1.29, 1.82) is 0 Å². The summed E-state index contributed by atoms with van der Waals surface area (Å²) in [5, 5.41) is 12.5. The van der Waals surface area contributed by atoms with Gasteiger partial charge in [-0.3, -0.25) is 0 Å². The van der Waals surface area contributed by atoms with Crippen molar-refractivity contribution in [3.8, 4) is 83.9 Å². The molecule has 0 amide bonds. The van der Waals surface area contributed by atoms with E-state index in [9.17, 15) is 0 Å². The van der Waals surface area contributed by atoms with Crippen molar-refractivity contribution in [2.75, 3.05) is 4.90 Å². The Morgan fingerprint density at radius 2 is 0.650 bits per heavy atom. The van der Waals surface area contributed by atoms with Crippen LogP contribution in [0.4, 0.5) is 11.4 Å². The number of hydrogen-bond acceptors (Lipinski definition) is 7. The molecule has 2 aliphatic rings. The van der Waals surface area contributed by atoms with E-state index in [1.165, 1.54) is 139 Å². The van der Waals surface area contributed by atoms with Gasteiger partial charge >= 0.3 is 0 Å². The standard InChI is InChI=1S/C38H25NOS.2C38H23NOS/c1-2-9-27(10-3-1)39-33-15-6-4-12-31(33)37-36(39)32-23-26(21-22-34(32)40-37)24-17-19-25(20-18-24)28-13-8-14-30-29-11-5-7-16-35(29)41-38(28)30;1-2-9-27(10-3-1)39-32-14-6-4-11-29(32)38-37(39)30-22-21-26(23-33(30)40-38)24-17-19-25(20-18-24)28-13-8-16-35-36(28)31-12-5-7-15-34(31)41-35;1-2-8-28(9-3-1)39-33-12-6-4-11-30(33)38-37(39)31-20-18-27(23-34(31)40-38)25-16-14-24(15-17-25)26-19-21-36-32(22-26)29-10-5-7-13-35(29)41-36/h1-23,36-37H;2*1-23H. The maximum atomic E-state index is 6.60. The highest BCUT2D eigenvalue weighted by Gasteiger charge is 2.47. The number of hydrogen-bond donors (Lipinski definition) is 0. The highest BCUT2D eigenvalue weighted by molar-refractivity contribution is 7.27. The SMILES string of the molecule is c1ccc(-n2c3ccccc3c3oc4cc(-c5ccc(-c6ccc7sc8ccccc8c7c6)cc5)ccc4c32)cc1.c1ccc(-n2c3ccccc3c3oc4cc(-c5ccc(-c6cccc7sc8ccccc8c67)cc5)ccc4c32)cc1.c1ccc(N2c3ccccc3C3Oc4ccc(-c5ccc(-c6cccc7c6sc6ccccc67)cc5)cc4C32)cc1. The number of para-hydroxylation sites is 6. The average molecular weight is 1630 g/mol. The number of furan rings is 2. The largest absolute Gasteiger partial charge is 0.483 e. The molecule has 27 rings (SSSR count). The van der Waals surface area contributed by atoms with Crippen LogP contribution in [0.3, 0.4) is 0 Å². The summed E-state index contributed by atoms with van der Waals surface area (Å²) in [6.07, 6.45) is -0.0131. The summed E-state index contributed by atoms with van der Waals surface area (Å²) in [5.41, 5.74) is 30.0. The first-order chi connectivity index (χ1) is 61.0. The van der Waals surface area contributed by atoms with E-state index < -0.39 is 0 Å². The summed E-state index contributed by atoms with van der Waals surface area (Å²) in [6, 6.07) is 150. The molecular formula is C114H71N3O3S3. The van der Waals surface area contributed by atoms with E-state index in [2.05, 4.69) is 433 Å². The average Bonchev–Trinajstić information content (AvgIpc) is 1.57. The fourth-order valence-corrected chi connectivity index (χ4v) is 22.8. The molecule has 7 aromatic heterocycles. The molecule has 6 nitrogen and oxygen atoms in total. The lowest BCUT2D eigenvalue weighted by Crippen LogP contribution is -2.20. The van der Waals surface area contributed by atoms with Crippen LogP contribution in [0.1, 0.15) is 23.3 Å². The molecule has 0 radical (unpaired) electrons. The zero-order valence-corrected chi connectivity index (χ0v) is 68.7. The summed E-state index contributed by atoms with van der Waals surface area (Å²) in [7, 11) is 0. The van der Waals surface area contributed by atoms with Gasteiger partial charge in [0.1, 0.15) is 34.0 Å². The van der Waals surface area contributed by atoms with Gasteiger partial charge in [-0.05, 0) is 206 Å². The third-order valence-corrected chi connectivity index (χ3v) is 28.6. The molecule has 9 heterocycles. The molecule has 0 fully saturated rings. The molecule has 0 saturated carbocycles. The van der Waals surface area contributed by atoms with Gasteiger partial charge in [-0.2, -0.15) is 0 Å². The van der Waals surface area contributed by atoms with Crippen molar-refractivity contribution in [1.82, 2.24) is 9.13 Å². The van der Waals surface area contributed by atoms with E-state index in [0.717, 1.165) is 94.2 Å². The summed E-state index contributed by atoms with van der Waals surface area (Å²) in [5.74, 6) is 0.979. The van der Waals surface area contributed by atoms with Gasteiger partial charge in [-0.1, -0.05) is 279 Å². The maximum Gasteiger partial charge on any atom is 0.161 e. The zero-order valence-electron chi connectivity index (χ0n) is 66.3. The van der Waals surface area contributed by atoms with Gasteiger partial charge < -0.3 is 27.6 Å². The smallest absolute Gasteiger partial charge is 0.161 e. The summed E-state index contributed by atoms with van der Waals surface area (Å²) in [4.78, 5) is 2.45. The van der Waals surface area contributed by atoms with Gasteiger partial charge in [0.05, 0.1) is 11.0 Å². The van der Waals surface area contributed by atoms with Crippen LogP contribution >= 0.6 is 34.0 Å². The predicted octanol–water partition coefficient (Wildman–Crippen LogP) is 33.2. The Morgan fingerprint density at radius 1 is 0.244 bits per heavy atom. The molecule has 9 heteroatoms. The minimum atomic E-state index is -0.0131. The van der Waals surface area contributed by atoms with E-state index in [1.54, 1.807) is 0 Å². The normalized spacial score (nSPS) is 13.6. The Bertz CT molecular complexity index is 8480. The summed E-state index contributed by atoms with van der Waals surface area (Å²) in [6.45, 7) is 0. The molecule has 0 saturated heterocycles. The molecule has 25 aromatic rings. The van der Waals surface area contributed by atoms with Crippen LogP contribution in [0.25, 0.3) is 205 Å². The maximum absolute atomic E-state index is 6.60. The van der Waals surface area contributed by atoms with E-state index in [4.69, 9.17) is 13.6 Å². The fourth-order valence-electron chi connectivity index (χ4n) is 19.3. The Morgan fingerprint density at radius 3 is 1.25 bits per heavy atom. The van der Waals surface area contributed by atoms with Crippen molar-refractivity contribution >= 4 is 172 Å². The molecule has 18 aromatic carbocycles. The fraction of sp³-hybridized carbons (Fsp3) is 0.0175. The number of fused-ring (bicyclic) bond motifs is 24. The second-order valence-electron chi connectivity index (χ2n) is 32.0. The van der Waals surface area contributed by atoms with Crippen LogP contribution in [-0.2, 0) is 0 Å². The van der Waals surface area contributed by atoms with Gasteiger partial charge in [0.15, 0.2) is 17.3 Å². The zero-order chi connectivity index (χ0) is 80.7. The van der Waals surface area contributed by atoms with Crippen LogP contribution in [-0.4, -0.2) is 9.13 Å². The molecule has 578 valence electrons. The monoisotopic (exact) mass is 1630 g/mol. The van der Waals surface area contributed by atoms with Crippen molar-refractivity contribution < 1.29 is 13.6 Å². The second-order valence-corrected chi connectivity index (χ2v) is 35.2. The minimum Gasteiger partial charge on any atom is -0.483 e. The molecule has 2 aliphatic heterocycles. The van der Waals surface area contributed by atoms with Crippen LogP contribution in [0, 0.1) is 0 Å². The number of nitrogens with zero attached hydrogens (tertiary/aromatic N) is 3. The first-order valence-electron chi connectivity index (χ1n) is 41.8. The molecule has 123 heavy (non-hydrogen) atoms. The predicted molar refractivity (Wildman–Crippen MR) is 520 cm³/mol. The van der Waals surface area contributed by atoms with Crippen LogP contribution in [0.15, 0.2) is 427 Å². The lowest BCUT2D eigenvalue weighted by Gasteiger charge is -2.26. The molecule has 0 bridgehead atoms. The topological polar surface area (TPSA) is 48.6 Å². The Kier molecular flexibility index (Phi) is 16.6. The number of aromatic nitrogens is 2. The molecule has 0 aliphatic carbocycles. The third kappa shape index (κ3) is 11.7. The third-order valence-electron chi connectivity index (χ3n) is 25.1. The Balaban J connectivity index is 0.000000101. The van der Waals surface area contributed by atoms with E-state index in [0.29, 0.717) is 0 Å². The van der Waals surface area contributed by atoms with Crippen molar-refractivity contribution in [3.63, 3.8) is 0 Å². The van der Waals surface area contributed by atoms with E-state index in [1.807, 2.05) is 34.0 Å². The highest BCUT2D eigenvalue weighted by Crippen LogP contribution is 2.59. The number of benzene rings is 18. The Hall–Kier alpha value is -15.1. The van der Waals surface area contributed by atoms with Crippen LogP contribution < -0.4 is 9.64 Å². The van der Waals surface area contributed by atoms with Gasteiger partial charge in [-0.15, -0.1) is 34.0 Å². The summed E-state index contributed by atoms with van der Waals surface area (Å²) < 4.78 is 32.4. The molecule has 0 spiro atoms. The lowest BCUT2D eigenvalue weighted by molar-refractivity contribution is 0.223. The van der Waals surface area contributed by atoms with Crippen molar-refractivity contribution in [2.24, 2.45) is 0 Å². The quantitative estimate of drug-likeness (QED) is 0.144. The Labute approximate surface area is 719 Å². The van der Waals surface area contributed by atoms with Crippen molar-refractivity contribution in [3.05, 3.63) is 430 Å². The van der Waals surface area contributed by atoms with E-state index >= 15 is 0 Å². The molecular weight excluding hydrogens is 1560 g/mol. The van der Waals surface area contributed by atoms with Crippen LogP contribution in [0.5, 0.6) is 5.75 Å². The lowest BCUT2D eigenvalue weighted by atomic mass is 9.95. The minimum absolute atomic E-state index is 0.0131. The first kappa shape index (κ1) is 70.9. The molecule has 2 atom stereocenters. The second kappa shape index (κ2) is 28.8. The number of rotatable bonds is 9. The highest BCUT2D eigenvalue weighted by atomic mass is 32.1. The van der Waals surface area contributed by atoms with E-state index in [-0.39, 0.29) is 12.1 Å². The van der Waals surface area contributed by atoms with Crippen molar-refractivity contribution in [2.45, 2.75) is 12.1 Å². The number of anilines is 2. The molecule has 0 N–H and O–H groups in total. The number of thiophene rings is 3. The van der Waals surface area contributed by atoms with Gasteiger partial charge in [0, 0.05) is 116 Å². The van der Waals surface area contributed by atoms with Gasteiger partial charge in [0.25, 0.3) is 0 Å². The van der Waals surface area contributed by atoms with Gasteiger partial charge in [-0.25, -0.2) is 0 Å². The summed E-state index contributed by atoms with van der Waals surface area (Å²) >= 11 is 5.60. The number of ether oxygens (including phenoxy) is 1. The van der Waals surface area contributed by atoms with Crippen LogP contribution in [0.2, 0.25) is 0 Å².